The average molecular weight is 318 g/mol. The van der Waals surface area contributed by atoms with Gasteiger partial charge >= 0.3 is 5.97 Å². The number of aromatic carboxylic acids is 1. The quantitative estimate of drug-likeness (QED) is 0.593. The lowest BCUT2D eigenvalue weighted by molar-refractivity contribution is 0.0314. The van der Waals surface area contributed by atoms with Crippen molar-refractivity contribution < 1.29 is 28.2 Å². The highest BCUT2D eigenvalue weighted by Gasteiger charge is 2.35. The topological polar surface area (TPSA) is 129 Å². The maximum absolute atomic E-state index is 12.3. The number of nitrogens with one attached hydrogen (secondary N) is 2. The van der Waals surface area contributed by atoms with Gasteiger partial charge in [0.25, 0.3) is 0 Å². The lowest BCUT2D eigenvalue weighted by Crippen LogP contribution is -2.43. The van der Waals surface area contributed by atoms with E-state index in [1.807, 2.05) is 0 Å². The number of carbonyl (C=O) groups is 1. The molecular formula is C12H18N2O6S. The van der Waals surface area contributed by atoms with Crippen molar-refractivity contribution in [2.75, 3.05) is 19.8 Å². The fraction of sp³-hybridized carbons (Fsp3) is 0.583. The summed E-state index contributed by atoms with van der Waals surface area (Å²) >= 11 is 0. The van der Waals surface area contributed by atoms with Gasteiger partial charge in [-0.3, -0.25) is 0 Å². The number of carboxylic acids is 1. The Bertz CT molecular complexity index is 658. The fourth-order valence-corrected chi connectivity index (χ4v) is 3.95. The largest absolute Gasteiger partial charge is 0.477 e. The minimum absolute atomic E-state index is 0.0704. The third-order valence-electron chi connectivity index (χ3n) is 3.53. The SMILES string of the molecule is Cc1[nH]c(C(=O)O)c(C)c1S(=O)(=O)NCC1(O)CCOC1. The third kappa shape index (κ3) is 3.10. The van der Waals surface area contributed by atoms with E-state index in [1.54, 1.807) is 0 Å². The van der Waals surface area contributed by atoms with Crippen LogP contribution in [0.4, 0.5) is 0 Å². The maximum atomic E-state index is 12.3. The zero-order chi connectivity index (χ0) is 15.8. The summed E-state index contributed by atoms with van der Waals surface area (Å²) in [5.41, 5.74) is -0.995. The van der Waals surface area contributed by atoms with Crippen LogP contribution in [0.3, 0.4) is 0 Å². The smallest absolute Gasteiger partial charge is 0.352 e. The highest BCUT2D eigenvalue weighted by Crippen LogP contribution is 2.24. The van der Waals surface area contributed by atoms with Crippen LogP contribution in [0, 0.1) is 13.8 Å². The van der Waals surface area contributed by atoms with E-state index in [0.29, 0.717) is 13.0 Å². The van der Waals surface area contributed by atoms with Gasteiger partial charge in [-0.15, -0.1) is 0 Å². The second kappa shape index (κ2) is 5.41. The predicted octanol–water partition coefficient (Wildman–Crippen LogP) is -0.241. The second-order valence-corrected chi connectivity index (χ2v) is 6.94. The van der Waals surface area contributed by atoms with E-state index in [2.05, 4.69) is 9.71 Å². The minimum atomic E-state index is -3.92. The van der Waals surface area contributed by atoms with Crippen LogP contribution in [-0.4, -0.2) is 54.9 Å². The molecule has 1 atom stereocenters. The van der Waals surface area contributed by atoms with Crippen molar-refractivity contribution >= 4 is 16.0 Å². The standard InChI is InChI=1S/C12H18N2O6S/c1-7-9(11(15)16)14-8(2)10(7)21(18,19)13-5-12(17)3-4-20-6-12/h13-14,17H,3-6H2,1-2H3,(H,15,16). The fourth-order valence-electron chi connectivity index (χ4n) is 2.39. The first-order valence-electron chi connectivity index (χ1n) is 6.38. The van der Waals surface area contributed by atoms with Gasteiger partial charge in [-0.1, -0.05) is 0 Å². The summed E-state index contributed by atoms with van der Waals surface area (Å²) in [4.78, 5) is 13.5. The van der Waals surface area contributed by atoms with Crippen LogP contribution in [0.2, 0.25) is 0 Å². The predicted molar refractivity (Wildman–Crippen MR) is 72.8 cm³/mol. The van der Waals surface area contributed by atoms with Crippen LogP contribution in [0.15, 0.2) is 4.90 Å². The van der Waals surface area contributed by atoms with E-state index in [9.17, 15) is 18.3 Å². The molecule has 1 aromatic rings. The van der Waals surface area contributed by atoms with Crippen molar-refractivity contribution in [3.8, 4) is 0 Å². The molecule has 1 saturated heterocycles. The van der Waals surface area contributed by atoms with Gasteiger partial charge in [0.1, 0.15) is 16.2 Å². The molecule has 0 aromatic carbocycles. The molecule has 21 heavy (non-hydrogen) atoms. The first-order chi connectivity index (χ1) is 9.66. The molecule has 0 saturated carbocycles. The number of aryl methyl sites for hydroxylation is 1. The van der Waals surface area contributed by atoms with Gasteiger partial charge < -0.3 is 19.9 Å². The van der Waals surface area contributed by atoms with Crippen LogP contribution in [0.25, 0.3) is 0 Å². The Morgan fingerprint density at radius 3 is 2.62 bits per heavy atom. The van der Waals surface area contributed by atoms with Crippen LogP contribution >= 0.6 is 0 Å². The van der Waals surface area contributed by atoms with E-state index in [4.69, 9.17) is 9.84 Å². The Kier molecular flexibility index (Phi) is 4.11. The van der Waals surface area contributed by atoms with Gasteiger partial charge in [0.2, 0.25) is 10.0 Å². The molecule has 0 bridgehead atoms. The van der Waals surface area contributed by atoms with Crippen molar-refractivity contribution in [1.29, 1.82) is 0 Å². The molecule has 0 radical (unpaired) electrons. The Morgan fingerprint density at radius 1 is 1.48 bits per heavy atom. The number of aromatic nitrogens is 1. The van der Waals surface area contributed by atoms with E-state index in [-0.39, 0.29) is 35.0 Å². The number of H-pyrrole nitrogens is 1. The number of aromatic amines is 1. The normalized spacial score (nSPS) is 22.6. The molecule has 9 heteroatoms. The number of carboxylic acid groups (broad SMARTS) is 1. The zero-order valence-electron chi connectivity index (χ0n) is 11.8. The zero-order valence-corrected chi connectivity index (χ0v) is 12.6. The van der Waals surface area contributed by atoms with Crippen molar-refractivity contribution in [2.45, 2.75) is 30.8 Å². The molecule has 1 fully saturated rings. The Labute approximate surface area is 122 Å². The Hall–Kier alpha value is -1.42. The monoisotopic (exact) mass is 318 g/mol. The summed E-state index contributed by atoms with van der Waals surface area (Å²) in [6.07, 6.45) is 0.348. The number of hydrogen-bond donors (Lipinski definition) is 4. The molecule has 8 nitrogen and oxygen atoms in total. The summed E-state index contributed by atoms with van der Waals surface area (Å²) in [7, 11) is -3.92. The average Bonchev–Trinajstić information content (AvgIpc) is 2.92. The van der Waals surface area contributed by atoms with Crippen LogP contribution in [-0.2, 0) is 14.8 Å². The molecule has 0 aliphatic carbocycles. The van der Waals surface area contributed by atoms with Crippen LogP contribution in [0.1, 0.15) is 28.2 Å². The summed E-state index contributed by atoms with van der Waals surface area (Å²) in [5, 5.41) is 19.1. The molecule has 1 aromatic heterocycles. The lowest BCUT2D eigenvalue weighted by atomic mass is 10.1. The molecule has 2 rings (SSSR count). The number of aliphatic hydroxyl groups is 1. The van der Waals surface area contributed by atoms with Crippen molar-refractivity contribution in [2.24, 2.45) is 0 Å². The molecule has 2 heterocycles. The summed E-state index contributed by atoms with van der Waals surface area (Å²) in [6.45, 7) is 3.18. The van der Waals surface area contributed by atoms with E-state index in [0.717, 1.165) is 0 Å². The number of ether oxygens (including phenoxy) is 1. The first-order valence-corrected chi connectivity index (χ1v) is 7.87. The number of rotatable bonds is 5. The highest BCUT2D eigenvalue weighted by atomic mass is 32.2. The van der Waals surface area contributed by atoms with Gasteiger partial charge in [0.05, 0.1) is 6.61 Å². The van der Waals surface area contributed by atoms with Gasteiger partial charge in [0.15, 0.2) is 0 Å². The molecule has 0 spiro atoms. The van der Waals surface area contributed by atoms with Gasteiger partial charge in [0, 0.05) is 30.8 Å². The van der Waals surface area contributed by atoms with Gasteiger partial charge in [-0.25, -0.2) is 17.9 Å². The molecule has 1 unspecified atom stereocenters. The summed E-state index contributed by atoms with van der Waals surface area (Å²) in [6, 6.07) is 0. The maximum Gasteiger partial charge on any atom is 0.352 e. The Balaban J connectivity index is 2.26. The van der Waals surface area contributed by atoms with Crippen LogP contribution < -0.4 is 4.72 Å². The molecular weight excluding hydrogens is 300 g/mol. The van der Waals surface area contributed by atoms with Crippen molar-refractivity contribution in [3.63, 3.8) is 0 Å². The first kappa shape index (κ1) is 16.0. The Morgan fingerprint density at radius 2 is 2.14 bits per heavy atom. The number of sulfonamides is 1. The van der Waals surface area contributed by atoms with E-state index in [1.165, 1.54) is 13.8 Å². The summed E-state index contributed by atoms with van der Waals surface area (Å²) in [5.74, 6) is -1.22. The van der Waals surface area contributed by atoms with E-state index >= 15 is 0 Å². The van der Waals surface area contributed by atoms with E-state index < -0.39 is 21.6 Å². The van der Waals surface area contributed by atoms with Gasteiger partial charge in [-0.05, 0) is 13.8 Å². The van der Waals surface area contributed by atoms with Gasteiger partial charge in [-0.2, -0.15) is 0 Å². The molecule has 4 N–H and O–H groups in total. The summed E-state index contributed by atoms with van der Waals surface area (Å²) < 4.78 is 32.0. The highest BCUT2D eigenvalue weighted by molar-refractivity contribution is 7.89. The lowest BCUT2D eigenvalue weighted by Gasteiger charge is -2.20. The van der Waals surface area contributed by atoms with Crippen LogP contribution in [0.5, 0.6) is 0 Å². The second-order valence-electron chi connectivity index (χ2n) is 5.24. The molecule has 1 aliphatic rings. The third-order valence-corrected chi connectivity index (χ3v) is 5.20. The number of hydrogen-bond acceptors (Lipinski definition) is 5. The molecule has 118 valence electrons. The minimum Gasteiger partial charge on any atom is -0.477 e. The van der Waals surface area contributed by atoms with Crippen molar-refractivity contribution in [1.82, 2.24) is 9.71 Å². The van der Waals surface area contributed by atoms with Crippen molar-refractivity contribution in [3.05, 3.63) is 17.0 Å². The molecule has 0 amide bonds. The molecule has 1 aliphatic heterocycles.